The van der Waals surface area contributed by atoms with Crippen molar-refractivity contribution in [1.29, 1.82) is 0 Å². The molecular weight excluding hydrogens is 430 g/mol. The first-order chi connectivity index (χ1) is 16.7. The van der Waals surface area contributed by atoms with E-state index in [9.17, 15) is 4.79 Å². The molecule has 34 heavy (non-hydrogen) atoms. The maximum absolute atomic E-state index is 12.9. The zero-order chi connectivity index (χ0) is 23.1. The topological polar surface area (TPSA) is 94.5 Å². The van der Waals surface area contributed by atoms with Gasteiger partial charge in [0.15, 0.2) is 0 Å². The van der Waals surface area contributed by atoms with E-state index in [1.165, 1.54) is 25.7 Å². The molecule has 4 unspecified atom stereocenters. The maximum atomic E-state index is 12.9. The molecule has 5 heterocycles. The number of pyridine rings is 1. The van der Waals surface area contributed by atoms with Crippen LogP contribution in [0.5, 0.6) is 0 Å². The third kappa shape index (κ3) is 3.92. The molecule has 4 atom stereocenters. The minimum Gasteiger partial charge on any atom is -0.353 e. The van der Waals surface area contributed by atoms with E-state index in [4.69, 9.17) is 0 Å². The monoisotopic (exact) mass is 465 g/mol. The van der Waals surface area contributed by atoms with Gasteiger partial charge >= 0.3 is 0 Å². The average molecular weight is 466 g/mol. The number of carbonyl (C=O) groups is 1. The summed E-state index contributed by atoms with van der Waals surface area (Å²) in [5.74, 6) is 3.75. The summed E-state index contributed by atoms with van der Waals surface area (Å²) >= 11 is 0. The second-order valence-electron chi connectivity index (χ2n) is 10.0. The van der Waals surface area contributed by atoms with Crippen molar-refractivity contribution in [2.75, 3.05) is 36.1 Å². The van der Waals surface area contributed by atoms with Crippen molar-refractivity contribution in [3.63, 3.8) is 0 Å². The molecule has 2 aromatic rings. The Balaban J connectivity index is 1.07. The number of aryl methyl sites for hydroxylation is 1. The lowest BCUT2D eigenvalue weighted by molar-refractivity contribution is -0.131. The Bertz CT molecular complexity index is 1000. The summed E-state index contributed by atoms with van der Waals surface area (Å²) in [6, 6.07) is 6.42. The highest BCUT2D eigenvalue weighted by atomic mass is 16.2. The molecule has 3 fully saturated rings. The van der Waals surface area contributed by atoms with Crippen molar-refractivity contribution < 1.29 is 4.79 Å². The molecule has 0 radical (unpaired) electrons. The Morgan fingerprint density at radius 2 is 1.97 bits per heavy atom. The van der Waals surface area contributed by atoms with Crippen molar-refractivity contribution in [3.8, 4) is 0 Å². The number of piperazine rings is 1. The molecule has 0 spiro atoms. The minimum atomic E-state index is 0.232. The molecule has 0 aromatic carbocycles. The summed E-state index contributed by atoms with van der Waals surface area (Å²) in [5, 5.41) is 15.1. The molecule has 2 N–H and O–H groups in total. The van der Waals surface area contributed by atoms with Gasteiger partial charge in [0, 0.05) is 57.2 Å². The summed E-state index contributed by atoms with van der Waals surface area (Å²) in [4.78, 5) is 21.6. The lowest BCUT2D eigenvalue weighted by Gasteiger charge is -2.44. The smallest absolute Gasteiger partial charge is 0.243 e. The molecular formula is C24H35N9O. The van der Waals surface area contributed by atoms with Gasteiger partial charge in [0.1, 0.15) is 17.8 Å². The molecule has 1 saturated carbocycles. The van der Waals surface area contributed by atoms with Crippen molar-refractivity contribution in [1.82, 2.24) is 35.4 Å². The molecule has 1 aliphatic carbocycles. The zero-order valence-corrected chi connectivity index (χ0v) is 19.9. The number of hydrogen-bond acceptors (Lipinski definition) is 8. The fourth-order valence-corrected chi connectivity index (χ4v) is 6.25. The van der Waals surface area contributed by atoms with E-state index in [1.54, 1.807) is 0 Å². The summed E-state index contributed by atoms with van der Waals surface area (Å²) in [6.45, 7) is 5.33. The highest BCUT2D eigenvalue weighted by Crippen LogP contribution is 2.44. The maximum Gasteiger partial charge on any atom is 0.243 e. The van der Waals surface area contributed by atoms with Crippen molar-refractivity contribution in [2.24, 2.45) is 5.92 Å². The van der Waals surface area contributed by atoms with Crippen LogP contribution in [0.1, 0.15) is 57.3 Å². The molecule has 1 amide bonds. The normalized spacial score (nSPS) is 28.4. The molecule has 2 saturated heterocycles. The minimum absolute atomic E-state index is 0.232. The van der Waals surface area contributed by atoms with Gasteiger partial charge in [0.05, 0.1) is 6.17 Å². The molecule has 0 bridgehead atoms. The third-order valence-electron chi connectivity index (χ3n) is 7.91. The summed E-state index contributed by atoms with van der Waals surface area (Å²) in [7, 11) is 0. The number of amides is 1. The number of aromatic nitrogens is 4. The third-order valence-corrected chi connectivity index (χ3v) is 7.91. The highest BCUT2D eigenvalue weighted by molar-refractivity contribution is 5.76. The van der Waals surface area contributed by atoms with Gasteiger partial charge < -0.3 is 9.80 Å². The van der Waals surface area contributed by atoms with E-state index >= 15 is 0 Å². The summed E-state index contributed by atoms with van der Waals surface area (Å²) in [5.41, 5.74) is 3.52. The van der Waals surface area contributed by atoms with Gasteiger partial charge in [-0.1, -0.05) is 18.9 Å². The molecule has 10 nitrogen and oxygen atoms in total. The van der Waals surface area contributed by atoms with Gasteiger partial charge in [0.25, 0.3) is 0 Å². The standard InChI is InChI=1S/C24H35N9O/c1-17-26-23-18-7-2-3-8-19(18)32-21(27-28-24(32)33(23)29-17)10-6-11-22(34)31-15-13-30(14-16-31)20-9-4-5-12-25-20/h4-5,9,12,17-19,23,26,29H,2-3,6-8,10-11,13-16H2,1H3. The van der Waals surface area contributed by atoms with Crippen LogP contribution in [0, 0.1) is 5.92 Å². The van der Waals surface area contributed by atoms with Crippen LogP contribution >= 0.6 is 0 Å². The number of nitrogens with one attached hydrogen (secondary N) is 2. The number of rotatable bonds is 5. The van der Waals surface area contributed by atoms with E-state index in [-0.39, 0.29) is 18.2 Å². The molecule has 3 aliphatic heterocycles. The Morgan fingerprint density at radius 1 is 1.12 bits per heavy atom. The SMILES string of the molecule is CC1NC2C3CCCCC3n3c(CCCC(=O)N4CCN(c5ccccn5)CC4)nnc3N2N1. The second-order valence-corrected chi connectivity index (χ2v) is 10.0. The second kappa shape index (κ2) is 9.14. The zero-order valence-electron chi connectivity index (χ0n) is 19.9. The number of hydrazine groups is 1. The van der Waals surface area contributed by atoms with Gasteiger partial charge in [-0.3, -0.25) is 19.7 Å². The predicted octanol–water partition coefficient (Wildman–Crippen LogP) is 1.68. The largest absolute Gasteiger partial charge is 0.353 e. The van der Waals surface area contributed by atoms with Crippen LogP contribution in [0.4, 0.5) is 11.8 Å². The van der Waals surface area contributed by atoms with Crippen LogP contribution in [0.3, 0.4) is 0 Å². The van der Waals surface area contributed by atoms with Crippen LogP contribution in [-0.2, 0) is 11.2 Å². The first-order valence-corrected chi connectivity index (χ1v) is 12.9. The van der Waals surface area contributed by atoms with Gasteiger partial charge in [-0.05, 0) is 38.3 Å². The van der Waals surface area contributed by atoms with E-state index in [0.29, 0.717) is 18.4 Å². The van der Waals surface area contributed by atoms with Gasteiger partial charge in [-0.2, -0.15) is 0 Å². The Kier molecular flexibility index (Phi) is 5.86. The quantitative estimate of drug-likeness (QED) is 0.689. The average Bonchev–Trinajstić information content (AvgIpc) is 3.48. The van der Waals surface area contributed by atoms with Gasteiger partial charge in [-0.15, -0.1) is 10.2 Å². The summed E-state index contributed by atoms with van der Waals surface area (Å²) in [6.07, 6.45) is 9.46. The number of fused-ring (bicyclic) bond motifs is 6. The fourth-order valence-electron chi connectivity index (χ4n) is 6.25. The van der Waals surface area contributed by atoms with E-state index in [1.807, 2.05) is 29.3 Å². The lowest BCUT2D eigenvalue weighted by Crippen LogP contribution is -2.53. The Hall–Kier alpha value is -2.72. The van der Waals surface area contributed by atoms with Crippen LogP contribution in [0.25, 0.3) is 0 Å². The molecule has 4 aliphatic rings. The van der Waals surface area contributed by atoms with Crippen molar-refractivity contribution >= 4 is 17.7 Å². The first kappa shape index (κ1) is 21.8. The van der Waals surface area contributed by atoms with Crippen molar-refractivity contribution in [2.45, 2.75) is 70.2 Å². The lowest BCUT2D eigenvalue weighted by atomic mass is 9.81. The van der Waals surface area contributed by atoms with Crippen LogP contribution in [-0.4, -0.2) is 69.1 Å². The number of nitrogens with zero attached hydrogens (tertiary/aromatic N) is 7. The fraction of sp³-hybridized carbons (Fsp3) is 0.667. The number of anilines is 2. The molecule has 6 rings (SSSR count). The molecule has 10 heteroatoms. The first-order valence-electron chi connectivity index (χ1n) is 12.9. The Morgan fingerprint density at radius 3 is 2.79 bits per heavy atom. The van der Waals surface area contributed by atoms with Crippen LogP contribution < -0.4 is 20.7 Å². The van der Waals surface area contributed by atoms with Crippen LogP contribution in [0.15, 0.2) is 24.4 Å². The predicted molar refractivity (Wildman–Crippen MR) is 129 cm³/mol. The van der Waals surface area contributed by atoms with E-state index in [0.717, 1.165) is 56.6 Å². The van der Waals surface area contributed by atoms with Gasteiger partial charge in [-0.25, -0.2) is 10.4 Å². The number of hydrogen-bond donors (Lipinski definition) is 2. The number of carbonyl (C=O) groups excluding carboxylic acids is 1. The van der Waals surface area contributed by atoms with Crippen LogP contribution in [0.2, 0.25) is 0 Å². The molecule has 2 aromatic heterocycles. The molecule has 182 valence electrons. The van der Waals surface area contributed by atoms with Gasteiger partial charge in [0.2, 0.25) is 11.9 Å². The van der Waals surface area contributed by atoms with Crippen molar-refractivity contribution in [3.05, 3.63) is 30.2 Å². The van der Waals surface area contributed by atoms with E-state index < -0.39 is 0 Å². The highest BCUT2D eigenvalue weighted by Gasteiger charge is 2.47. The summed E-state index contributed by atoms with van der Waals surface area (Å²) < 4.78 is 2.38. The van der Waals surface area contributed by atoms with E-state index in [2.05, 4.69) is 47.3 Å². The Labute approximate surface area is 200 Å².